The number of nitrogens with zero attached hydrogens (tertiary/aromatic N) is 1. The van der Waals surface area contributed by atoms with Gasteiger partial charge in [0, 0.05) is 9.90 Å². The molecule has 0 bridgehead atoms. The van der Waals surface area contributed by atoms with Crippen molar-refractivity contribution >= 4 is 34.0 Å². The molecule has 1 amide bonds. The van der Waals surface area contributed by atoms with Gasteiger partial charge in [0.25, 0.3) is 5.91 Å². The first-order chi connectivity index (χ1) is 11.0. The second kappa shape index (κ2) is 6.89. The fraction of sp³-hybridized carbons (Fsp3) is 0.412. The minimum absolute atomic E-state index is 0.0400. The van der Waals surface area contributed by atoms with Gasteiger partial charge < -0.3 is 4.74 Å². The van der Waals surface area contributed by atoms with Crippen molar-refractivity contribution in [2.75, 3.05) is 11.9 Å². The second-order valence-electron chi connectivity index (χ2n) is 5.98. The molecule has 122 valence electrons. The number of halogens is 1. The Bertz CT molecular complexity index is 729. The third-order valence-electron chi connectivity index (χ3n) is 3.93. The molecule has 0 saturated carbocycles. The third-order valence-corrected chi connectivity index (χ3v) is 5.39. The standard InChI is InChI=1S/C17H19ClN2O2S/c1-10-3-6-14-15(7-10)23-17(19-14)20-16(21)9-22-12-4-5-13(18)11(2)8-12/h4-5,8,10H,3,6-7,9H2,1-2H3,(H,19,20,21). The second-order valence-corrected chi connectivity index (χ2v) is 7.48. The van der Waals surface area contributed by atoms with E-state index in [-0.39, 0.29) is 12.5 Å². The number of amides is 1. The van der Waals surface area contributed by atoms with E-state index < -0.39 is 0 Å². The molecule has 0 radical (unpaired) electrons. The molecular formula is C17H19ClN2O2S. The van der Waals surface area contributed by atoms with E-state index in [1.54, 1.807) is 23.5 Å². The van der Waals surface area contributed by atoms with E-state index in [2.05, 4.69) is 17.2 Å². The fourth-order valence-corrected chi connectivity index (χ4v) is 3.91. The molecule has 1 unspecified atom stereocenters. The summed E-state index contributed by atoms with van der Waals surface area (Å²) in [7, 11) is 0. The smallest absolute Gasteiger partial charge is 0.264 e. The first kappa shape index (κ1) is 16.3. The summed E-state index contributed by atoms with van der Waals surface area (Å²) in [5.74, 6) is 1.13. The summed E-state index contributed by atoms with van der Waals surface area (Å²) in [6, 6.07) is 5.34. The molecule has 6 heteroatoms. The summed E-state index contributed by atoms with van der Waals surface area (Å²) < 4.78 is 5.50. The molecule has 4 nitrogen and oxygen atoms in total. The van der Waals surface area contributed by atoms with Gasteiger partial charge in [0.05, 0.1) is 5.69 Å². The molecule has 23 heavy (non-hydrogen) atoms. The van der Waals surface area contributed by atoms with Gasteiger partial charge in [-0.15, -0.1) is 11.3 Å². The number of hydrogen-bond donors (Lipinski definition) is 1. The number of anilines is 1. The number of nitrogens with one attached hydrogen (secondary N) is 1. The summed E-state index contributed by atoms with van der Waals surface area (Å²) in [6.45, 7) is 4.11. The van der Waals surface area contributed by atoms with E-state index in [4.69, 9.17) is 16.3 Å². The van der Waals surface area contributed by atoms with Crippen molar-refractivity contribution in [1.82, 2.24) is 4.98 Å². The van der Waals surface area contributed by atoms with Crippen molar-refractivity contribution < 1.29 is 9.53 Å². The Morgan fingerprint density at radius 1 is 1.52 bits per heavy atom. The average Bonchev–Trinajstić information content (AvgIpc) is 2.89. The van der Waals surface area contributed by atoms with Crippen LogP contribution in [-0.2, 0) is 17.6 Å². The van der Waals surface area contributed by atoms with Gasteiger partial charge in [-0.1, -0.05) is 18.5 Å². The van der Waals surface area contributed by atoms with Gasteiger partial charge in [-0.05, 0) is 55.9 Å². The minimum Gasteiger partial charge on any atom is -0.484 e. The minimum atomic E-state index is -0.197. The zero-order valence-electron chi connectivity index (χ0n) is 13.2. The quantitative estimate of drug-likeness (QED) is 0.896. The Kier molecular flexibility index (Phi) is 4.87. The van der Waals surface area contributed by atoms with Gasteiger partial charge in [-0.3, -0.25) is 10.1 Å². The van der Waals surface area contributed by atoms with Crippen molar-refractivity contribution in [3.8, 4) is 5.75 Å². The van der Waals surface area contributed by atoms with Crippen LogP contribution in [0, 0.1) is 12.8 Å². The monoisotopic (exact) mass is 350 g/mol. The Hall–Kier alpha value is -1.59. The van der Waals surface area contributed by atoms with Crippen LogP contribution in [0.15, 0.2) is 18.2 Å². The molecule has 1 aromatic heterocycles. The Labute approximate surface area is 144 Å². The lowest BCUT2D eigenvalue weighted by Gasteiger charge is -2.15. The number of hydrogen-bond acceptors (Lipinski definition) is 4. The van der Waals surface area contributed by atoms with Crippen molar-refractivity contribution in [1.29, 1.82) is 0 Å². The van der Waals surface area contributed by atoms with Crippen LogP contribution in [0.25, 0.3) is 0 Å². The molecule has 0 spiro atoms. The summed E-state index contributed by atoms with van der Waals surface area (Å²) in [4.78, 5) is 17.8. The maximum Gasteiger partial charge on any atom is 0.264 e. The number of carbonyl (C=O) groups is 1. The number of fused-ring (bicyclic) bond motifs is 1. The summed E-state index contributed by atoms with van der Waals surface area (Å²) in [5.41, 5.74) is 2.06. The van der Waals surface area contributed by atoms with Crippen molar-refractivity contribution in [3.63, 3.8) is 0 Å². The maximum absolute atomic E-state index is 12.0. The zero-order chi connectivity index (χ0) is 16.4. The third kappa shape index (κ3) is 4.03. The van der Waals surface area contributed by atoms with Crippen molar-refractivity contribution in [3.05, 3.63) is 39.4 Å². The maximum atomic E-state index is 12.0. The van der Waals surface area contributed by atoms with Crippen LogP contribution in [0.1, 0.15) is 29.5 Å². The first-order valence-electron chi connectivity index (χ1n) is 7.68. The lowest BCUT2D eigenvalue weighted by atomic mass is 9.93. The number of carbonyl (C=O) groups excluding carboxylic acids is 1. The van der Waals surface area contributed by atoms with Gasteiger partial charge in [0.2, 0.25) is 0 Å². The van der Waals surface area contributed by atoms with E-state index in [1.807, 2.05) is 13.0 Å². The summed E-state index contributed by atoms with van der Waals surface area (Å²) in [6.07, 6.45) is 3.23. The number of thiazole rings is 1. The van der Waals surface area contributed by atoms with E-state index in [0.717, 1.165) is 24.1 Å². The normalized spacial score (nSPS) is 16.7. The van der Waals surface area contributed by atoms with Gasteiger partial charge in [-0.2, -0.15) is 0 Å². The van der Waals surface area contributed by atoms with Crippen molar-refractivity contribution in [2.24, 2.45) is 5.92 Å². The molecule has 1 aliphatic rings. The number of benzene rings is 1. The van der Waals surface area contributed by atoms with Crippen LogP contribution in [0.4, 0.5) is 5.13 Å². The molecule has 1 aliphatic carbocycles. The molecule has 1 heterocycles. The van der Waals surface area contributed by atoms with Crippen LogP contribution >= 0.6 is 22.9 Å². The lowest BCUT2D eigenvalue weighted by Crippen LogP contribution is -2.20. The summed E-state index contributed by atoms with van der Waals surface area (Å²) >= 11 is 7.55. The molecule has 0 fully saturated rings. The number of rotatable bonds is 4. The van der Waals surface area contributed by atoms with Gasteiger partial charge >= 0.3 is 0 Å². The van der Waals surface area contributed by atoms with E-state index in [9.17, 15) is 4.79 Å². The molecular weight excluding hydrogens is 332 g/mol. The molecule has 1 N–H and O–H groups in total. The highest BCUT2D eigenvalue weighted by Crippen LogP contribution is 2.32. The predicted molar refractivity (Wildman–Crippen MR) is 93.6 cm³/mol. The highest BCUT2D eigenvalue weighted by atomic mass is 35.5. The molecule has 1 atom stereocenters. The SMILES string of the molecule is Cc1cc(OCC(=O)Nc2nc3c(s2)CC(C)CC3)ccc1Cl. The molecule has 0 saturated heterocycles. The van der Waals surface area contributed by atoms with Gasteiger partial charge in [-0.25, -0.2) is 4.98 Å². The molecule has 2 aromatic rings. The molecule has 0 aliphatic heterocycles. The Balaban J connectivity index is 1.56. The van der Waals surface area contributed by atoms with Gasteiger partial charge in [0.1, 0.15) is 5.75 Å². The van der Waals surface area contributed by atoms with E-state index in [1.165, 1.54) is 11.3 Å². The van der Waals surface area contributed by atoms with Crippen LogP contribution in [-0.4, -0.2) is 17.5 Å². The van der Waals surface area contributed by atoms with Crippen LogP contribution in [0.3, 0.4) is 0 Å². The van der Waals surface area contributed by atoms with E-state index in [0.29, 0.717) is 21.8 Å². The zero-order valence-corrected chi connectivity index (χ0v) is 14.8. The number of ether oxygens (including phenoxy) is 1. The van der Waals surface area contributed by atoms with Gasteiger partial charge in [0.15, 0.2) is 11.7 Å². The fourth-order valence-electron chi connectivity index (χ4n) is 2.60. The Morgan fingerprint density at radius 3 is 3.13 bits per heavy atom. The van der Waals surface area contributed by atoms with Crippen LogP contribution < -0.4 is 10.1 Å². The topological polar surface area (TPSA) is 51.2 Å². The summed E-state index contributed by atoms with van der Waals surface area (Å²) in [5, 5.41) is 4.18. The number of aryl methyl sites for hydroxylation is 2. The first-order valence-corrected chi connectivity index (χ1v) is 8.88. The molecule has 3 rings (SSSR count). The van der Waals surface area contributed by atoms with Crippen molar-refractivity contribution in [2.45, 2.75) is 33.1 Å². The van der Waals surface area contributed by atoms with Crippen LogP contribution in [0.5, 0.6) is 5.75 Å². The van der Waals surface area contributed by atoms with Crippen LogP contribution in [0.2, 0.25) is 5.02 Å². The largest absolute Gasteiger partial charge is 0.484 e. The highest BCUT2D eigenvalue weighted by molar-refractivity contribution is 7.15. The highest BCUT2D eigenvalue weighted by Gasteiger charge is 2.20. The lowest BCUT2D eigenvalue weighted by molar-refractivity contribution is -0.118. The average molecular weight is 351 g/mol. The predicted octanol–water partition coefficient (Wildman–Crippen LogP) is 4.25. The molecule has 1 aromatic carbocycles. The Morgan fingerprint density at radius 2 is 2.35 bits per heavy atom. The van der Waals surface area contributed by atoms with E-state index >= 15 is 0 Å². The number of aromatic nitrogens is 1.